The van der Waals surface area contributed by atoms with Crippen LogP contribution in [0.1, 0.15) is 19.9 Å². The first kappa shape index (κ1) is 8.70. The van der Waals surface area contributed by atoms with Crippen LogP contribution < -0.4 is 0 Å². The monoisotopic (exact) mass is 169 g/mol. The Bertz CT molecular complexity index is 245. The number of ether oxygens (including phenoxy) is 1. The van der Waals surface area contributed by atoms with Gasteiger partial charge < -0.3 is 4.74 Å². The summed E-state index contributed by atoms with van der Waals surface area (Å²) in [5, 5.41) is 7.65. The molecule has 0 aliphatic heterocycles. The average molecular weight is 169 g/mol. The third kappa shape index (κ3) is 1.81. The Balaban J connectivity index is 2.59. The Labute approximate surface area is 70.3 Å². The molecule has 5 heteroatoms. The lowest BCUT2D eigenvalue weighted by Gasteiger charge is -2.08. The molecule has 5 nitrogen and oxygen atoms in total. The fraction of sp³-hybridized carbons (Fsp3) is 0.571. The molecule has 1 atom stereocenters. The quantitative estimate of drug-likeness (QED) is 0.614. The van der Waals surface area contributed by atoms with Crippen molar-refractivity contribution in [2.45, 2.75) is 19.9 Å². The van der Waals surface area contributed by atoms with E-state index in [1.165, 1.54) is 17.2 Å². The summed E-state index contributed by atoms with van der Waals surface area (Å²) in [6.45, 7) is 3.84. The highest BCUT2D eigenvalue weighted by Crippen LogP contribution is 2.02. The molecule has 1 heterocycles. The van der Waals surface area contributed by atoms with Crippen LogP contribution in [0.15, 0.2) is 12.4 Å². The van der Waals surface area contributed by atoms with E-state index in [2.05, 4.69) is 10.2 Å². The fourth-order valence-corrected chi connectivity index (χ4v) is 0.783. The van der Waals surface area contributed by atoms with Crippen LogP contribution in [0.2, 0.25) is 0 Å². The van der Waals surface area contributed by atoms with Gasteiger partial charge in [0.15, 0.2) is 6.04 Å². The Morgan fingerprint density at radius 1 is 1.58 bits per heavy atom. The molecule has 0 saturated heterocycles. The summed E-state index contributed by atoms with van der Waals surface area (Å²) in [7, 11) is 0. The molecule has 0 saturated carbocycles. The summed E-state index contributed by atoms with van der Waals surface area (Å²) in [6, 6.07) is -0.444. The second-order valence-corrected chi connectivity index (χ2v) is 2.28. The molecular weight excluding hydrogens is 158 g/mol. The first-order valence-electron chi connectivity index (χ1n) is 3.78. The number of nitrogens with zero attached hydrogens (tertiary/aromatic N) is 3. The molecule has 12 heavy (non-hydrogen) atoms. The van der Waals surface area contributed by atoms with Crippen molar-refractivity contribution in [1.82, 2.24) is 15.0 Å². The highest BCUT2D eigenvalue weighted by molar-refractivity contribution is 5.73. The Kier molecular flexibility index (Phi) is 2.79. The Morgan fingerprint density at radius 3 is 2.67 bits per heavy atom. The van der Waals surface area contributed by atoms with Crippen LogP contribution in [-0.4, -0.2) is 27.6 Å². The van der Waals surface area contributed by atoms with Crippen molar-refractivity contribution in [2.24, 2.45) is 0 Å². The van der Waals surface area contributed by atoms with Crippen molar-refractivity contribution in [1.29, 1.82) is 0 Å². The lowest BCUT2D eigenvalue weighted by Crippen LogP contribution is -2.21. The topological polar surface area (TPSA) is 57.0 Å². The summed E-state index contributed by atoms with van der Waals surface area (Å²) >= 11 is 0. The largest absolute Gasteiger partial charge is 0.464 e. The molecule has 0 bridgehead atoms. The van der Waals surface area contributed by atoms with E-state index in [4.69, 9.17) is 4.74 Å². The number of carbonyl (C=O) groups excluding carboxylic acids is 1. The molecule has 0 N–H and O–H groups in total. The molecule has 0 spiro atoms. The van der Waals surface area contributed by atoms with E-state index in [0.717, 1.165) is 0 Å². The average Bonchev–Trinajstić information content (AvgIpc) is 2.55. The first-order valence-corrected chi connectivity index (χ1v) is 3.78. The van der Waals surface area contributed by atoms with Crippen LogP contribution in [0.3, 0.4) is 0 Å². The summed E-state index contributed by atoms with van der Waals surface area (Å²) < 4.78 is 4.79. The number of hydrogen-bond acceptors (Lipinski definition) is 4. The van der Waals surface area contributed by atoms with Gasteiger partial charge in [-0.1, -0.05) is 0 Å². The maximum Gasteiger partial charge on any atom is 0.332 e. The van der Waals surface area contributed by atoms with Gasteiger partial charge in [0.2, 0.25) is 0 Å². The van der Waals surface area contributed by atoms with Gasteiger partial charge in [-0.2, -0.15) is 15.0 Å². The van der Waals surface area contributed by atoms with Crippen molar-refractivity contribution < 1.29 is 9.53 Å². The zero-order valence-electron chi connectivity index (χ0n) is 7.10. The zero-order valence-corrected chi connectivity index (χ0v) is 7.10. The predicted molar refractivity (Wildman–Crippen MR) is 41.4 cm³/mol. The molecule has 1 aromatic heterocycles. The summed E-state index contributed by atoms with van der Waals surface area (Å²) in [5.41, 5.74) is 0. The molecule has 1 aromatic rings. The molecule has 0 amide bonds. The van der Waals surface area contributed by atoms with Crippen molar-refractivity contribution in [3.8, 4) is 0 Å². The standard InChI is InChI=1S/C7H11N3O2/c1-3-12-7(11)6(2)10-8-4-5-9-10/h4-6H,3H2,1-2H3. The van der Waals surface area contributed by atoms with E-state index in [0.29, 0.717) is 6.61 Å². The molecule has 66 valence electrons. The van der Waals surface area contributed by atoms with E-state index < -0.39 is 6.04 Å². The maximum atomic E-state index is 11.1. The van der Waals surface area contributed by atoms with Gasteiger partial charge in [-0.05, 0) is 13.8 Å². The minimum atomic E-state index is -0.444. The van der Waals surface area contributed by atoms with Gasteiger partial charge in [0.25, 0.3) is 0 Å². The number of esters is 1. The van der Waals surface area contributed by atoms with Crippen LogP contribution in [-0.2, 0) is 9.53 Å². The summed E-state index contributed by atoms with van der Waals surface area (Å²) in [6.07, 6.45) is 3.05. The van der Waals surface area contributed by atoms with Gasteiger partial charge in [0.05, 0.1) is 19.0 Å². The van der Waals surface area contributed by atoms with Gasteiger partial charge >= 0.3 is 5.97 Å². The number of aromatic nitrogens is 3. The van der Waals surface area contributed by atoms with Gasteiger partial charge in [0.1, 0.15) is 0 Å². The zero-order chi connectivity index (χ0) is 8.97. The van der Waals surface area contributed by atoms with Gasteiger partial charge in [-0.3, -0.25) is 0 Å². The van der Waals surface area contributed by atoms with Gasteiger partial charge in [-0.15, -0.1) is 0 Å². The lowest BCUT2D eigenvalue weighted by molar-refractivity contribution is -0.147. The third-order valence-corrected chi connectivity index (χ3v) is 1.41. The lowest BCUT2D eigenvalue weighted by atomic mass is 10.4. The Hall–Kier alpha value is -1.39. The molecule has 0 aromatic carbocycles. The molecule has 0 radical (unpaired) electrons. The SMILES string of the molecule is CCOC(=O)C(C)n1nccn1. The minimum Gasteiger partial charge on any atom is -0.464 e. The fourth-order valence-electron chi connectivity index (χ4n) is 0.783. The van der Waals surface area contributed by atoms with E-state index in [1.807, 2.05) is 0 Å². The molecule has 1 rings (SSSR count). The van der Waals surface area contributed by atoms with E-state index in [1.54, 1.807) is 13.8 Å². The molecular formula is C7H11N3O2. The third-order valence-electron chi connectivity index (χ3n) is 1.41. The van der Waals surface area contributed by atoms with Crippen molar-refractivity contribution in [3.05, 3.63) is 12.4 Å². The maximum absolute atomic E-state index is 11.1. The molecule has 0 aliphatic rings. The van der Waals surface area contributed by atoms with Crippen LogP contribution >= 0.6 is 0 Å². The van der Waals surface area contributed by atoms with Crippen LogP contribution in [0.4, 0.5) is 0 Å². The van der Waals surface area contributed by atoms with E-state index in [9.17, 15) is 4.79 Å². The normalized spacial score (nSPS) is 12.5. The second kappa shape index (κ2) is 3.85. The van der Waals surface area contributed by atoms with Gasteiger partial charge in [-0.25, -0.2) is 4.79 Å². The molecule has 0 aliphatic carbocycles. The predicted octanol–water partition coefficient (Wildman–Crippen LogP) is 0.402. The van der Waals surface area contributed by atoms with Crippen molar-refractivity contribution in [2.75, 3.05) is 6.61 Å². The first-order chi connectivity index (χ1) is 5.75. The summed E-state index contributed by atoms with van der Waals surface area (Å²) in [4.78, 5) is 12.4. The van der Waals surface area contributed by atoms with Crippen LogP contribution in [0, 0.1) is 0 Å². The second-order valence-electron chi connectivity index (χ2n) is 2.28. The van der Waals surface area contributed by atoms with Gasteiger partial charge in [0, 0.05) is 0 Å². The smallest absolute Gasteiger partial charge is 0.332 e. The van der Waals surface area contributed by atoms with Crippen molar-refractivity contribution in [3.63, 3.8) is 0 Å². The summed E-state index contributed by atoms with van der Waals surface area (Å²) in [5.74, 6) is -0.311. The Morgan fingerprint density at radius 2 is 2.17 bits per heavy atom. The van der Waals surface area contributed by atoms with Crippen LogP contribution in [0.5, 0.6) is 0 Å². The van der Waals surface area contributed by atoms with E-state index >= 15 is 0 Å². The number of carbonyl (C=O) groups is 1. The molecule has 0 fully saturated rings. The number of hydrogen-bond donors (Lipinski definition) is 0. The highest BCUT2D eigenvalue weighted by atomic mass is 16.5. The minimum absolute atomic E-state index is 0.311. The number of rotatable bonds is 3. The van der Waals surface area contributed by atoms with E-state index in [-0.39, 0.29) is 5.97 Å². The highest BCUT2D eigenvalue weighted by Gasteiger charge is 2.16. The van der Waals surface area contributed by atoms with Crippen molar-refractivity contribution >= 4 is 5.97 Å². The van der Waals surface area contributed by atoms with Crippen LogP contribution in [0.25, 0.3) is 0 Å². The molecule has 1 unspecified atom stereocenters.